The fourth-order valence-corrected chi connectivity index (χ4v) is 3.82. The van der Waals surface area contributed by atoms with Gasteiger partial charge in [-0.2, -0.15) is 0 Å². The Morgan fingerprint density at radius 3 is 2.75 bits per heavy atom. The summed E-state index contributed by atoms with van der Waals surface area (Å²) in [6.45, 7) is 0. The van der Waals surface area contributed by atoms with Crippen LogP contribution in [-0.4, -0.2) is 21.6 Å². The van der Waals surface area contributed by atoms with E-state index in [1.54, 1.807) is 0 Å². The molecule has 110 valence electrons. The van der Waals surface area contributed by atoms with E-state index in [0.717, 1.165) is 18.9 Å². The Labute approximate surface area is 120 Å². The number of amides is 1. The highest BCUT2D eigenvalue weighted by Gasteiger charge is 2.19. The minimum Gasteiger partial charge on any atom is -0.397 e. The van der Waals surface area contributed by atoms with Gasteiger partial charge in [-0.05, 0) is 37.0 Å². The first kappa shape index (κ1) is 15.0. The third-order valence-corrected chi connectivity index (χ3v) is 4.90. The van der Waals surface area contributed by atoms with E-state index in [1.165, 1.54) is 25.0 Å². The Balaban J connectivity index is 1.83. The second-order valence-corrected chi connectivity index (χ2v) is 6.68. The number of nitrogen functional groups attached to an aromatic ring is 1. The molecule has 20 heavy (non-hydrogen) atoms. The number of hydrogen-bond donors (Lipinski definition) is 2. The van der Waals surface area contributed by atoms with Gasteiger partial charge in [0.2, 0.25) is 5.91 Å². The Bertz CT molecular complexity index is 516. The van der Waals surface area contributed by atoms with E-state index in [1.807, 2.05) is 0 Å². The molecule has 1 fully saturated rings. The Morgan fingerprint density at radius 2 is 2.10 bits per heavy atom. The molecular formula is C14H19FN2O2S. The van der Waals surface area contributed by atoms with Gasteiger partial charge in [0.15, 0.2) is 0 Å². The molecule has 1 amide bonds. The van der Waals surface area contributed by atoms with E-state index >= 15 is 0 Å². The first-order chi connectivity index (χ1) is 9.54. The van der Waals surface area contributed by atoms with Crippen LogP contribution in [0.3, 0.4) is 0 Å². The van der Waals surface area contributed by atoms with Crippen LogP contribution in [0.5, 0.6) is 0 Å². The summed E-state index contributed by atoms with van der Waals surface area (Å²) >= 11 is 0. The Kier molecular flexibility index (Phi) is 5.11. The zero-order chi connectivity index (χ0) is 14.5. The predicted molar refractivity (Wildman–Crippen MR) is 79.3 cm³/mol. The third kappa shape index (κ3) is 4.30. The number of nitrogens with one attached hydrogen (secondary N) is 1. The van der Waals surface area contributed by atoms with Crippen molar-refractivity contribution in [1.29, 1.82) is 0 Å². The third-order valence-electron chi connectivity index (χ3n) is 3.48. The maximum atomic E-state index is 12.9. The smallest absolute Gasteiger partial charge is 0.237 e. The van der Waals surface area contributed by atoms with Crippen molar-refractivity contribution in [3.63, 3.8) is 0 Å². The number of benzene rings is 1. The average molecular weight is 298 g/mol. The van der Waals surface area contributed by atoms with Crippen LogP contribution in [0.25, 0.3) is 0 Å². The molecule has 1 aliphatic rings. The van der Waals surface area contributed by atoms with Gasteiger partial charge in [-0.1, -0.05) is 12.8 Å². The maximum Gasteiger partial charge on any atom is 0.237 e. The summed E-state index contributed by atoms with van der Waals surface area (Å²) in [7, 11) is -1.15. The van der Waals surface area contributed by atoms with Crippen molar-refractivity contribution in [3.8, 4) is 0 Å². The molecule has 1 atom stereocenters. The highest BCUT2D eigenvalue weighted by molar-refractivity contribution is 7.85. The summed E-state index contributed by atoms with van der Waals surface area (Å²) in [5, 5.41) is 2.57. The van der Waals surface area contributed by atoms with E-state index in [2.05, 4.69) is 5.32 Å². The molecule has 0 bridgehead atoms. The monoisotopic (exact) mass is 298 g/mol. The van der Waals surface area contributed by atoms with Crippen LogP contribution in [0.1, 0.15) is 25.7 Å². The zero-order valence-electron chi connectivity index (χ0n) is 11.2. The molecule has 1 aromatic carbocycles. The normalized spacial score (nSPS) is 17.1. The molecule has 0 saturated heterocycles. The van der Waals surface area contributed by atoms with Crippen molar-refractivity contribution < 1.29 is 13.4 Å². The molecule has 2 rings (SSSR count). The standard InChI is InChI=1S/C14H19FN2O2S/c15-11-5-6-13(12(16)7-11)17-14(18)9-20(19)8-10-3-1-2-4-10/h5-7,10H,1-4,8-9,16H2,(H,17,18). The van der Waals surface area contributed by atoms with E-state index in [-0.39, 0.29) is 17.3 Å². The van der Waals surface area contributed by atoms with Crippen LogP contribution >= 0.6 is 0 Å². The Hall–Kier alpha value is -1.43. The van der Waals surface area contributed by atoms with Gasteiger partial charge in [-0.25, -0.2) is 4.39 Å². The van der Waals surface area contributed by atoms with Gasteiger partial charge in [0, 0.05) is 16.6 Å². The number of carbonyl (C=O) groups excluding carboxylic acids is 1. The molecule has 3 N–H and O–H groups in total. The molecule has 1 saturated carbocycles. The molecule has 0 radical (unpaired) electrons. The number of halogens is 1. The SMILES string of the molecule is Nc1cc(F)ccc1NC(=O)CS(=O)CC1CCCC1. The van der Waals surface area contributed by atoms with Crippen LogP contribution < -0.4 is 11.1 Å². The van der Waals surface area contributed by atoms with Gasteiger partial charge >= 0.3 is 0 Å². The predicted octanol–water partition coefficient (Wildman–Crippen LogP) is 2.29. The van der Waals surface area contributed by atoms with Gasteiger partial charge in [0.25, 0.3) is 0 Å². The molecule has 1 aromatic rings. The highest BCUT2D eigenvalue weighted by Crippen LogP contribution is 2.25. The van der Waals surface area contributed by atoms with Crippen LogP contribution in [-0.2, 0) is 15.6 Å². The number of nitrogens with two attached hydrogens (primary N) is 1. The lowest BCUT2D eigenvalue weighted by atomic mass is 10.1. The molecule has 0 aliphatic heterocycles. The molecule has 1 aliphatic carbocycles. The molecule has 1 unspecified atom stereocenters. The lowest BCUT2D eigenvalue weighted by Gasteiger charge is -2.10. The second-order valence-electron chi connectivity index (χ2n) is 5.18. The molecule has 4 nitrogen and oxygen atoms in total. The van der Waals surface area contributed by atoms with Gasteiger partial charge in [0.05, 0.1) is 11.4 Å². The van der Waals surface area contributed by atoms with Crippen molar-refractivity contribution in [2.45, 2.75) is 25.7 Å². The summed E-state index contributed by atoms with van der Waals surface area (Å²) in [5.74, 6) is 0.240. The number of anilines is 2. The molecular weight excluding hydrogens is 279 g/mol. The first-order valence-electron chi connectivity index (χ1n) is 6.74. The molecule has 0 aromatic heterocycles. The van der Waals surface area contributed by atoms with Gasteiger partial charge in [-0.15, -0.1) is 0 Å². The minimum atomic E-state index is -1.15. The van der Waals surface area contributed by atoms with E-state index in [4.69, 9.17) is 5.73 Å². The van der Waals surface area contributed by atoms with Crippen molar-refractivity contribution in [3.05, 3.63) is 24.0 Å². The van der Waals surface area contributed by atoms with Crippen LogP contribution in [0, 0.1) is 11.7 Å². The van der Waals surface area contributed by atoms with E-state index < -0.39 is 16.6 Å². The van der Waals surface area contributed by atoms with Gasteiger partial charge in [-0.3, -0.25) is 9.00 Å². The second kappa shape index (κ2) is 6.83. The highest BCUT2D eigenvalue weighted by atomic mass is 32.2. The van der Waals surface area contributed by atoms with Crippen molar-refractivity contribution in [2.75, 3.05) is 22.6 Å². The zero-order valence-corrected chi connectivity index (χ0v) is 12.0. The number of rotatable bonds is 5. The molecule has 0 heterocycles. The fourth-order valence-electron chi connectivity index (χ4n) is 2.48. The van der Waals surface area contributed by atoms with Crippen molar-refractivity contribution in [2.24, 2.45) is 5.92 Å². The Morgan fingerprint density at radius 1 is 1.40 bits per heavy atom. The summed E-state index contributed by atoms with van der Waals surface area (Å²) in [5.41, 5.74) is 6.12. The van der Waals surface area contributed by atoms with Crippen LogP contribution in [0.4, 0.5) is 15.8 Å². The number of hydrogen-bond acceptors (Lipinski definition) is 3. The maximum absolute atomic E-state index is 12.9. The lowest BCUT2D eigenvalue weighted by molar-refractivity contribution is -0.113. The van der Waals surface area contributed by atoms with Gasteiger partial charge < -0.3 is 11.1 Å². The summed E-state index contributed by atoms with van der Waals surface area (Å²) in [6, 6.07) is 3.77. The minimum absolute atomic E-state index is 0.0344. The summed E-state index contributed by atoms with van der Waals surface area (Å²) < 4.78 is 24.8. The summed E-state index contributed by atoms with van der Waals surface area (Å²) in [6.07, 6.45) is 4.61. The topological polar surface area (TPSA) is 72.2 Å². The summed E-state index contributed by atoms with van der Waals surface area (Å²) in [4.78, 5) is 11.8. The van der Waals surface area contributed by atoms with Crippen molar-refractivity contribution >= 4 is 28.1 Å². The fraction of sp³-hybridized carbons (Fsp3) is 0.500. The van der Waals surface area contributed by atoms with E-state index in [0.29, 0.717) is 17.4 Å². The van der Waals surface area contributed by atoms with Crippen molar-refractivity contribution in [1.82, 2.24) is 0 Å². The van der Waals surface area contributed by atoms with E-state index in [9.17, 15) is 13.4 Å². The average Bonchev–Trinajstić information content (AvgIpc) is 2.85. The molecule has 0 spiro atoms. The lowest BCUT2D eigenvalue weighted by Crippen LogP contribution is -2.23. The van der Waals surface area contributed by atoms with Gasteiger partial charge in [0.1, 0.15) is 11.6 Å². The number of carbonyl (C=O) groups is 1. The first-order valence-corrected chi connectivity index (χ1v) is 8.23. The largest absolute Gasteiger partial charge is 0.397 e. The molecule has 6 heteroatoms. The van der Waals surface area contributed by atoms with Crippen LogP contribution in [0.15, 0.2) is 18.2 Å². The quantitative estimate of drug-likeness (QED) is 0.819. The van der Waals surface area contributed by atoms with Crippen LogP contribution in [0.2, 0.25) is 0 Å².